The van der Waals surface area contributed by atoms with Gasteiger partial charge in [-0.05, 0) is 61.8 Å². The lowest BCUT2D eigenvalue weighted by Crippen LogP contribution is -2.48. The Kier molecular flexibility index (Phi) is 4.80. The fraction of sp³-hybridized carbons (Fsp3) is 0.588. The van der Waals surface area contributed by atoms with Crippen LogP contribution in [-0.4, -0.2) is 18.6 Å². The van der Waals surface area contributed by atoms with Crippen LogP contribution in [0.2, 0.25) is 0 Å². The Hall–Kier alpha value is -1.69. The van der Waals surface area contributed by atoms with Crippen LogP contribution in [0.5, 0.6) is 5.75 Å². The van der Waals surface area contributed by atoms with Crippen LogP contribution in [0.15, 0.2) is 24.3 Å². The molecule has 1 amide bonds. The van der Waals surface area contributed by atoms with E-state index in [0.717, 1.165) is 25.7 Å². The summed E-state index contributed by atoms with van der Waals surface area (Å²) in [7, 11) is 0. The predicted octanol–water partition coefficient (Wildman–Crippen LogP) is 3.38. The topological polar surface area (TPSA) is 64.4 Å². The Bertz CT molecular complexity index is 536. The van der Waals surface area contributed by atoms with E-state index in [0.29, 0.717) is 17.5 Å². The number of benzene rings is 1. The molecule has 3 N–H and O–H groups in total. The molecule has 0 saturated heterocycles. The molecule has 2 atom stereocenters. The lowest BCUT2D eigenvalue weighted by molar-refractivity contribution is -0.122. The summed E-state index contributed by atoms with van der Waals surface area (Å²) in [4.78, 5) is 12.5. The first-order valence-electron chi connectivity index (χ1n) is 8.14. The largest absolute Gasteiger partial charge is 0.435 e. The number of fused-ring (bicyclic) bond motifs is 2. The Labute approximate surface area is 134 Å². The number of halogens is 2. The zero-order valence-electron chi connectivity index (χ0n) is 12.9. The molecular formula is C17H22F2N2O2. The maximum absolute atomic E-state index is 12.5. The van der Waals surface area contributed by atoms with Crippen molar-refractivity contribution in [2.45, 2.75) is 44.8 Å². The van der Waals surface area contributed by atoms with Gasteiger partial charge in [0.2, 0.25) is 5.91 Å². The molecule has 2 bridgehead atoms. The summed E-state index contributed by atoms with van der Waals surface area (Å²) >= 11 is 0. The molecule has 2 aliphatic rings. The van der Waals surface area contributed by atoms with Crippen molar-refractivity contribution in [1.82, 2.24) is 0 Å². The minimum Gasteiger partial charge on any atom is -0.435 e. The summed E-state index contributed by atoms with van der Waals surface area (Å²) < 4.78 is 28.5. The van der Waals surface area contributed by atoms with Crippen LogP contribution in [0.25, 0.3) is 0 Å². The van der Waals surface area contributed by atoms with Gasteiger partial charge in [-0.25, -0.2) is 0 Å². The number of nitrogens with two attached hydrogens (primary N) is 1. The molecule has 23 heavy (non-hydrogen) atoms. The number of rotatable bonds is 4. The fourth-order valence-electron chi connectivity index (χ4n) is 3.97. The molecule has 126 valence electrons. The molecule has 3 rings (SSSR count). The monoisotopic (exact) mass is 324 g/mol. The first-order valence-corrected chi connectivity index (χ1v) is 8.14. The Morgan fingerprint density at radius 3 is 2.35 bits per heavy atom. The van der Waals surface area contributed by atoms with Crippen molar-refractivity contribution >= 4 is 11.6 Å². The van der Waals surface area contributed by atoms with Crippen molar-refractivity contribution in [2.75, 3.05) is 5.32 Å². The average Bonchev–Trinajstić information content (AvgIpc) is 2.48. The summed E-state index contributed by atoms with van der Waals surface area (Å²) in [6, 6.07) is 6.23. The molecule has 2 fully saturated rings. The van der Waals surface area contributed by atoms with Gasteiger partial charge in [0.05, 0.1) is 0 Å². The first kappa shape index (κ1) is 16.2. The zero-order valence-corrected chi connectivity index (χ0v) is 12.9. The van der Waals surface area contributed by atoms with Crippen molar-refractivity contribution < 1.29 is 18.3 Å². The SMILES string of the molecule is NC1C2CCCC1CC(C(=O)Nc1ccc(OC(F)F)cc1)C2. The molecule has 0 heterocycles. The van der Waals surface area contributed by atoms with Gasteiger partial charge < -0.3 is 15.8 Å². The van der Waals surface area contributed by atoms with Crippen molar-refractivity contribution in [2.24, 2.45) is 23.5 Å². The molecule has 0 aliphatic heterocycles. The van der Waals surface area contributed by atoms with Gasteiger partial charge in [0.15, 0.2) is 0 Å². The quantitative estimate of drug-likeness (QED) is 0.892. The average molecular weight is 324 g/mol. The highest BCUT2D eigenvalue weighted by atomic mass is 19.3. The summed E-state index contributed by atoms with van der Waals surface area (Å²) in [6.07, 6.45) is 5.12. The number of hydrogen-bond acceptors (Lipinski definition) is 3. The smallest absolute Gasteiger partial charge is 0.387 e. The molecule has 4 nitrogen and oxygen atoms in total. The standard InChI is InChI=1S/C17H22F2N2O2/c18-17(19)23-14-6-4-13(5-7-14)21-16(22)12-8-10-2-1-3-11(9-12)15(10)20/h4-7,10-12,15,17H,1-3,8-9,20H2,(H,21,22). The second kappa shape index (κ2) is 6.83. The Morgan fingerprint density at radius 1 is 1.17 bits per heavy atom. The van der Waals surface area contributed by atoms with Crippen molar-refractivity contribution in [3.05, 3.63) is 24.3 Å². The van der Waals surface area contributed by atoms with Crippen LogP contribution in [0.4, 0.5) is 14.5 Å². The fourth-order valence-corrected chi connectivity index (χ4v) is 3.97. The molecule has 0 spiro atoms. The second-order valence-corrected chi connectivity index (χ2v) is 6.59. The van der Waals surface area contributed by atoms with Crippen LogP contribution in [0.3, 0.4) is 0 Å². The van der Waals surface area contributed by atoms with E-state index in [4.69, 9.17) is 5.73 Å². The molecule has 0 aromatic heterocycles. The van der Waals surface area contributed by atoms with Gasteiger partial charge in [-0.1, -0.05) is 6.42 Å². The summed E-state index contributed by atoms with van der Waals surface area (Å²) in [6.45, 7) is -2.85. The number of anilines is 1. The Balaban J connectivity index is 1.59. The summed E-state index contributed by atoms with van der Waals surface area (Å²) in [5, 5.41) is 2.87. The number of carbonyl (C=O) groups excluding carboxylic acids is 1. The van der Waals surface area contributed by atoms with Gasteiger partial charge in [-0.2, -0.15) is 8.78 Å². The minimum atomic E-state index is -2.85. The van der Waals surface area contributed by atoms with E-state index in [9.17, 15) is 13.6 Å². The third-order valence-corrected chi connectivity index (χ3v) is 5.13. The molecule has 1 aromatic carbocycles. The van der Waals surface area contributed by atoms with Gasteiger partial charge in [-0.3, -0.25) is 4.79 Å². The first-order chi connectivity index (χ1) is 11.0. The van der Waals surface area contributed by atoms with E-state index >= 15 is 0 Å². The normalized spacial score (nSPS) is 30.1. The number of ether oxygens (including phenoxy) is 1. The van der Waals surface area contributed by atoms with Crippen molar-refractivity contribution in [1.29, 1.82) is 0 Å². The van der Waals surface area contributed by atoms with E-state index in [1.807, 2.05) is 0 Å². The number of carbonyl (C=O) groups is 1. The van der Waals surface area contributed by atoms with Gasteiger partial charge in [0, 0.05) is 17.6 Å². The van der Waals surface area contributed by atoms with E-state index in [-0.39, 0.29) is 23.6 Å². The van der Waals surface area contributed by atoms with Crippen molar-refractivity contribution in [3.63, 3.8) is 0 Å². The van der Waals surface area contributed by atoms with Crippen molar-refractivity contribution in [3.8, 4) is 5.75 Å². The molecule has 2 aliphatic carbocycles. The zero-order chi connectivity index (χ0) is 16.4. The third kappa shape index (κ3) is 3.80. The molecule has 0 radical (unpaired) electrons. The van der Waals surface area contributed by atoms with Gasteiger partial charge in [-0.15, -0.1) is 0 Å². The van der Waals surface area contributed by atoms with Crippen LogP contribution in [-0.2, 0) is 4.79 Å². The lowest BCUT2D eigenvalue weighted by Gasteiger charge is -2.43. The maximum Gasteiger partial charge on any atom is 0.387 e. The third-order valence-electron chi connectivity index (χ3n) is 5.13. The van der Waals surface area contributed by atoms with Crippen LogP contribution in [0.1, 0.15) is 32.1 Å². The highest BCUT2D eigenvalue weighted by molar-refractivity contribution is 5.92. The number of nitrogens with one attached hydrogen (secondary N) is 1. The molecule has 2 unspecified atom stereocenters. The highest BCUT2D eigenvalue weighted by Gasteiger charge is 2.40. The molecule has 1 aromatic rings. The predicted molar refractivity (Wildman–Crippen MR) is 83.2 cm³/mol. The minimum absolute atomic E-state index is 0.00340. The van der Waals surface area contributed by atoms with E-state index in [2.05, 4.69) is 10.1 Å². The Morgan fingerprint density at radius 2 is 1.78 bits per heavy atom. The van der Waals surface area contributed by atoms with E-state index < -0.39 is 6.61 Å². The summed E-state index contributed by atoms with van der Waals surface area (Å²) in [5.41, 5.74) is 6.84. The second-order valence-electron chi connectivity index (χ2n) is 6.59. The molecular weight excluding hydrogens is 302 g/mol. The summed E-state index contributed by atoms with van der Waals surface area (Å²) in [5.74, 6) is 0.953. The van der Waals surface area contributed by atoms with Crippen LogP contribution < -0.4 is 15.8 Å². The van der Waals surface area contributed by atoms with Crippen LogP contribution in [0, 0.1) is 17.8 Å². The highest BCUT2D eigenvalue weighted by Crippen LogP contribution is 2.42. The van der Waals surface area contributed by atoms with E-state index in [1.165, 1.54) is 18.6 Å². The maximum atomic E-state index is 12.5. The van der Waals surface area contributed by atoms with Gasteiger partial charge in [0.1, 0.15) is 5.75 Å². The number of alkyl halides is 2. The molecule has 6 heteroatoms. The van der Waals surface area contributed by atoms with Gasteiger partial charge in [0.25, 0.3) is 0 Å². The molecule has 2 saturated carbocycles. The number of hydrogen-bond donors (Lipinski definition) is 2. The number of amides is 1. The van der Waals surface area contributed by atoms with E-state index in [1.54, 1.807) is 12.1 Å². The lowest BCUT2D eigenvalue weighted by atomic mass is 9.65. The van der Waals surface area contributed by atoms with Gasteiger partial charge >= 0.3 is 6.61 Å². The van der Waals surface area contributed by atoms with Crippen LogP contribution >= 0.6 is 0 Å².